The number of carbonyl (C=O) groups is 1. The minimum atomic E-state index is -1.03. The van der Waals surface area contributed by atoms with Crippen LogP contribution in [0.25, 0.3) is 5.69 Å². The second kappa shape index (κ2) is 8.73. The van der Waals surface area contributed by atoms with Crippen LogP contribution in [-0.2, 0) is 0 Å². The molecule has 8 heteroatoms. The van der Waals surface area contributed by atoms with E-state index in [0.717, 1.165) is 49.7 Å². The number of para-hydroxylation sites is 1. The van der Waals surface area contributed by atoms with Crippen molar-refractivity contribution in [2.24, 2.45) is 0 Å². The molecule has 0 radical (unpaired) electrons. The molecule has 1 aliphatic heterocycles. The molecule has 3 aromatic rings. The molecule has 2 heterocycles. The van der Waals surface area contributed by atoms with E-state index in [1.165, 1.54) is 24.2 Å². The molecule has 0 amide bonds. The summed E-state index contributed by atoms with van der Waals surface area (Å²) in [6.07, 6.45) is 3.43. The monoisotopic (exact) mass is 414 g/mol. The van der Waals surface area contributed by atoms with Crippen molar-refractivity contribution in [1.82, 2.24) is 14.8 Å². The third-order valence-corrected chi connectivity index (χ3v) is 5.77. The molecule has 0 bridgehead atoms. The highest BCUT2D eigenvalue weighted by atomic mass is 32.2. The highest BCUT2D eigenvalue weighted by Gasteiger charge is 2.22. The summed E-state index contributed by atoms with van der Waals surface area (Å²) in [6, 6.07) is 13.0. The van der Waals surface area contributed by atoms with Crippen LogP contribution in [0, 0.1) is 11.6 Å². The van der Waals surface area contributed by atoms with Gasteiger partial charge in [0.1, 0.15) is 0 Å². The van der Waals surface area contributed by atoms with Crippen LogP contribution in [0.1, 0.15) is 29.6 Å². The molecule has 0 aliphatic carbocycles. The molecule has 0 N–H and O–H groups in total. The number of ketones is 1. The Labute approximate surface area is 171 Å². The molecule has 5 nitrogen and oxygen atoms in total. The first-order valence-electron chi connectivity index (χ1n) is 9.50. The molecule has 1 aromatic heterocycles. The van der Waals surface area contributed by atoms with E-state index in [1.54, 1.807) is 0 Å². The average Bonchev–Trinajstić information content (AvgIpc) is 3.19. The van der Waals surface area contributed by atoms with Crippen LogP contribution < -0.4 is 4.90 Å². The number of rotatable bonds is 6. The van der Waals surface area contributed by atoms with Gasteiger partial charge in [0, 0.05) is 18.7 Å². The van der Waals surface area contributed by atoms with Crippen molar-refractivity contribution in [2.75, 3.05) is 23.7 Å². The van der Waals surface area contributed by atoms with Crippen molar-refractivity contribution in [2.45, 2.75) is 24.4 Å². The fourth-order valence-corrected chi connectivity index (χ4v) is 4.18. The lowest BCUT2D eigenvalue weighted by Gasteiger charge is -2.27. The number of thioether (sulfide) groups is 1. The van der Waals surface area contributed by atoms with Crippen molar-refractivity contribution in [3.05, 3.63) is 65.7 Å². The maximum atomic E-state index is 13.4. The van der Waals surface area contributed by atoms with Crippen LogP contribution in [0.15, 0.2) is 53.7 Å². The molecule has 4 rings (SSSR count). The fraction of sp³-hybridized carbons (Fsp3) is 0.286. The van der Waals surface area contributed by atoms with Crippen molar-refractivity contribution in [3.8, 4) is 5.69 Å². The lowest BCUT2D eigenvalue weighted by molar-refractivity contribution is 0.102. The highest BCUT2D eigenvalue weighted by Crippen LogP contribution is 2.28. The molecule has 150 valence electrons. The van der Waals surface area contributed by atoms with Crippen LogP contribution in [0.4, 0.5) is 14.7 Å². The summed E-state index contributed by atoms with van der Waals surface area (Å²) in [5, 5.41) is 9.29. The van der Waals surface area contributed by atoms with Crippen LogP contribution in [-0.4, -0.2) is 39.4 Å². The SMILES string of the molecule is O=C(CSc1nnc(N2CCCCC2)n1-c1ccccc1)c1ccc(F)c(F)c1. The van der Waals surface area contributed by atoms with E-state index >= 15 is 0 Å². The third-order valence-electron chi connectivity index (χ3n) is 4.84. The Morgan fingerprint density at radius 1 is 0.966 bits per heavy atom. The molecular formula is C21H20F2N4OS. The first-order chi connectivity index (χ1) is 14.1. The van der Waals surface area contributed by atoms with Gasteiger partial charge in [-0.2, -0.15) is 0 Å². The van der Waals surface area contributed by atoms with Gasteiger partial charge in [-0.15, -0.1) is 10.2 Å². The maximum Gasteiger partial charge on any atom is 0.232 e. The molecule has 0 unspecified atom stereocenters. The number of Topliss-reactive ketones (excluding diaryl/α,β-unsaturated/α-hetero) is 1. The second-order valence-corrected chi connectivity index (χ2v) is 7.78. The van der Waals surface area contributed by atoms with Crippen LogP contribution in [0.3, 0.4) is 0 Å². The average molecular weight is 414 g/mol. The predicted molar refractivity (Wildman–Crippen MR) is 109 cm³/mol. The first kappa shape index (κ1) is 19.6. The first-order valence-corrected chi connectivity index (χ1v) is 10.5. The predicted octanol–water partition coefficient (Wildman–Crippen LogP) is 4.51. The van der Waals surface area contributed by atoms with Crippen molar-refractivity contribution >= 4 is 23.5 Å². The standard InChI is InChI=1S/C21H20F2N4OS/c22-17-10-9-15(13-18(17)23)19(28)14-29-21-25-24-20(26-11-5-2-6-12-26)27(21)16-7-3-1-4-8-16/h1,3-4,7-10,13H,2,5-6,11-12,14H2. The minimum absolute atomic E-state index is 0.0516. The summed E-state index contributed by atoms with van der Waals surface area (Å²) in [4.78, 5) is 14.7. The number of hydrogen-bond donors (Lipinski definition) is 0. The summed E-state index contributed by atoms with van der Waals surface area (Å²) in [7, 11) is 0. The minimum Gasteiger partial charge on any atom is -0.341 e. The Hall–Kier alpha value is -2.74. The Morgan fingerprint density at radius 3 is 2.45 bits per heavy atom. The highest BCUT2D eigenvalue weighted by molar-refractivity contribution is 7.99. The smallest absolute Gasteiger partial charge is 0.232 e. The van der Waals surface area contributed by atoms with Gasteiger partial charge in [0.05, 0.1) is 11.4 Å². The van der Waals surface area contributed by atoms with Gasteiger partial charge >= 0.3 is 0 Å². The van der Waals surface area contributed by atoms with Gasteiger partial charge in [0.2, 0.25) is 5.95 Å². The van der Waals surface area contributed by atoms with Gasteiger partial charge in [0.15, 0.2) is 22.6 Å². The zero-order valence-electron chi connectivity index (χ0n) is 15.7. The van der Waals surface area contributed by atoms with Gasteiger partial charge in [0.25, 0.3) is 0 Å². The molecular weight excluding hydrogens is 394 g/mol. The molecule has 0 saturated carbocycles. The van der Waals surface area contributed by atoms with Crippen LogP contribution in [0.2, 0.25) is 0 Å². The molecule has 29 heavy (non-hydrogen) atoms. The van der Waals surface area contributed by atoms with E-state index in [1.807, 2.05) is 34.9 Å². The largest absolute Gasteiger partial charge is 0.341 e. The van der Waals surface area contributed by atoms with E-state index in [2.05, 4.69) is 15.1 Å². The molecule has 1 aliphatic rings. The molecule has 1 fully saturated rings. The number of anilines is 1. The fourth-order valence-electron chi connectivity index (χ4n) is 3.34. The molecule has 0 spiro atoms. The summed E-state index contributed by atoms with van der Waals surface area (Å²) < 4.78 is 28.5. The van der Waals surface area contributed by atoms with E-state index < -0.39 is 11.6 Å². The van der Waals surface area contributed by atoms with Crippen LogP contribution >= 0.6 is 11.8 Å². The van der Waals surface area contributed by atoms with E-state index in [9.17, 15) is 13.6 Å². The van der Waals surface area contributed by atoms with E-state index in [0.29, 0.717) is 5.16 Å². The summed E-state index contributed by atoms with van der Waals surface area (Å²) in [5.74, 6) is -1.48. The normalized spacial score (nSPS) is 14.2. The number of nitrogens with zero attached hydrogens (tertiary/aromatic N) is 4. The Morgan fingerprint density at radius 2 is 1.72 bits per heavy atom. The summed E-state index contributed by atoms with van der Waals surface area (Å²) in [6.45, 7) is 1.84. The van der Waals surface area contributed by atoms with E-state index in [-0.39, 0.29) is 17.1 Å². The zero-order chi connectivity index (χ0) is 20.2. The number of piperidine rings is 1. The summed E-state index contributed by atoms with van der Waals surface area (Å²) >= 11 is 1.24. The number of aromatic nitrogens is 3. The Bertz CT molecular complexity index is 1000. The van der Waals surface area contributed by atoms with E-state index in [4.69, 9.17) is 0 Å². The Kier molecular flexibility index (Phi) is 5.89. The summed E-state index contributed by atoms with van der Waals surface area (Å²) in [5.41, 5.74) is 1.05. The number of benzene rings is 2. The van der Waals surface area contributed by atoms with Crippen LogP contribution in [0.5, 0.6) is 0 Å². The van der Waals surface area contributed by atoms with Gasteiger partial charge in [-0.3, -0.25) is 9.36 Å². The van der Waals surface area contributed by atoms with Crippen molar-refractivity contribution < 1.29 is 13.6 Å². The van der Waals surface area contributed by atoms with Gasteiger partial charge in [-0.1, -0.05) is 30.0 Å². The second-order valence-electron chi connectivity index (χ2n) is 6.84. The lowest BCUT2D eigenvalue weighted by Crippen LogP contribution is -2.31. The van der Waals surface area contributed by atoms with Crippen molar-refractivity contribution in [3.63, 3.8) is 0 Å². The lowest BCUT2D eigenvalue weighted by atomic mass is 10.1. The maximum absolute atomic E-state index is 13.4. The van der Waals surface area contributed by atoms with Gasteiger partial charge in [-0.05, 0) is 49.6 Å². The third kappa shape index (κ3) is 4.32. The van der Waals surface area contributed by atoms with Gasteiger partial charge in [-0.25, -0.2) is 8.78 Å². The van der Waals surface area contributed by atoms with Crippen molar-refractivity contribution in [1.29, 1.82) is 0 Å². The topological polar surface area (TPSA) is 51.0 Å². The van der Waals surface area contributed by atoms with Gasteiger partial charge < -0.3 is 4.90 Å². The number of carbonyl (C=O) groups excluding carboxylic acids is 1. The molecule has 0 atom stereocenters. The zero-order valence-corrected chi connectivity index (χ0v) is 16.5. The quantitative estimate of drug-likeness (QED) is 0.439. The number of halogens is 2. The molecule has 2 aromatic carbocycles. The molecule has 1 saturated heterocycles. The number of hydrogen-bond acceptors (Lipinski definition) is 5. The Balaban J connectivity index is 1.59.